The first-order valence-electron chi connectivity index (χ1n) is 3.40. The molecule has 0 aromatic heterocycles. The zero-order chi connectivity index (χ0) is 9.84. The van der Waals surface area contributed by atoms with Gasteiger partial charge in [-0.05, 0) is 12.1 Å². The third-order valence-corrected chi connectivity index (χ3v) is 1.99. The van der Waals surface area contributed by atoms with Crippen molar-refractivity contribution in [2.75, 3.05) is 6.61 Å². The fraction of sp³-hybridized carbons (Fsp3) is 0.125. The van der Waals surface area contributed by atoms with Crippen molar-refractivity contribution >= 4 is 29.2 Å². The molecule has 0 spiro atoms. The van der Waals surface area contributed by atoms with E-state index in [-0.39, 0.29) is 5.75 Å². The molecule has 0 saturated heterocycles. The monoisotopic (exact) mass is 220 g/mol. The van der Waals surface area contributed by atoms with Crippen LogP contribution in [0.25, 0.3) is 0 Å². The van der Waals surface area contributed by atoms with Crippen LogP contribution in [0.3, 0.4) is 0 Å². The predicted molar refractivity (Wildman–Crippen MR) is 49.2 cm³/mol. The zero-order valence-corrected chi connectivity index (χ0v) is 7.97. The van der Waals surface area contributed by atoms with Crippen molar-refractivity contribution < 1.29 is 14.6 Å². The van der Waals surface area contributed by atoms with E-state index in [1.54, 1.807) is 0 Å². The van der Waals surface area contributed by atoms with E-state index in [4.69, 9.17) is 28.3 Å². The van der Waals surface area contributed by atoms with Gasteiger partial charge in [-0.15, -0.1) is 0 Å². The van der Waals surface area contributed by atoms with Gasteiger partial charge in [-0.1, -0.05) is 23.2 Å². The minimum atomic E-state index is -0.738. The van der Waals surface area contributed by atoms with Gasteiger partial charge in [0.2, 0.25) is 0 Å². The smallest absolute Gasteiger partial charge is 0.337 e. The Balaban J connectivity index is 2.79. The molecule has 13 heavy (non-hydrogen) atoms. The van der Waals surface area contributed by atoms with E-state index in [1.807, 2.05) is 0 Å². The second-order valence-corrected chi connectivity index (χ2v) is 3.02. The Kier molecular flexibility index (Phi) is 3.54. The minimum Gasteiger partial charge on any atom is -0.425 e. The van der Waals surface area contributed by atoms with Crippen LogP contribution in [0, 0.1) is 0 Å². The van der Waals surface area contributed by atoms with E-state index in [0.29, 0.717) is 10.0 Å². The number of aliphatic hydroxyl groups excluding tert-OH is 1. The van der Waals surface area contributed by atoms with Crippen molar-refractivity contribution in [1.82, 2.24) is 0 Å². The lowest BCUT2D eigenvalue weighted by Crippen LogP contribution is -2.11. The van der Waals surface area contributed by atoms with Crippen LogP contribution < -0.4 is 4.74 Å². The fourth-order valence-corrected chi connectivity index (χ4v) is 0.992. The molecule has 0 aliphatic rings. The van der Waals surface area contributed by atoms with Crippen molar-refractivity contribution in [3.8, 4) is 5.75 Å². The first-order valence-corrected chi connectivity index (χ1v) is 4.15. The summed E-state index contributed by atoms with van der Waals surface area (Å²) in [5.74, 6) is -0.480. The molecule has 0 radical (unpaired) electrons. The largest absolute Gasteiger partial charge is 0.425 e. The fourth-order valence-electron chi connectivity index (χ4n) is 0.704. The summed E-state index contributed by atoms with van der Waals surface area (Å²) in [6.07, 6.45) is 0. The highest BCUT2D eigenvalue weighted by Gasteiger charge is 2.04. The van der Waals surface area contributed by atoms with Crippen molar-refractivity contribution in [2.45, 2.75) is 0 Å². The van der Waals surface area contributed by atoms with Crippen molar-refractivity contribution in [3.63, 3.8) is 0 Å². The predicted octanol–water partition coefficient (Wildman–Crippen LogP) is 1.89. The van der Waals surface area contributed by atoms with E-state index in [0.717, 1.165) is 0 Å². The lowest BCUT2D eigenvalue weighted by atomic mass is 10.3. The molecular formula is C8H6Cl2O3. The van der Waals surface area contributed by atoms with Crippen LogP contribution in [-0.2, 0) is 4.79 Å². The Labute approximate surface area is 84.8 Å². The number of rotatable bonds is 2. The van der Waals surface area contributed by atoms with E-state index in [9.17, 15) is 4.79 Å². The normalized spacial score (nSPS) is 9.77. The minimum absolute atomic E-state index is 0.258. The van der Waals surface area contributed by atoms with Crippen LogP contribution in [0.15, 0.2) is 18.2 Å². The number of aliphatic hydroxyl groups is 1. The van der Waals surface area contributed by atoms with Gasteiger partial charge >= 0.3 is 5.97 Å². The van der Waals surface area contributed by atoms with Gasteiger partial charge in [-0.25, -0.2) is 4.79 Å². The molecule has 0 saturated carbocycles. The highest BCUT2D eigenvalue weighted by atomic mass is 35.5. The van der Waals surface area contributed by atoms with Crippen LogP contribution in [0.2, 0.25) is 10.0 Å². The molecule has 0 atom stereocenters. The molecule has 0 aliphatic carbocycles. The summed E-state index contributed by atoms with van der Waals surface area (Å²) >= 11 is 11.3. The molecule has 1 rings (SSSR count). The summed E-state index contributed by atoms with van der Waals surface area (Å²) in [6, 6.07) is 4.39. The molecule has 1 N–H and O–H groups in total. The van der Waals surface area contributed by atoms with E-state index in [2.05, 4.69) is 4.74 Å². The maximum absolute atomic E-state index is 10.6. The highest BCUT2D eigenvalue weighted by molar-refractivity contribution is 6.42. The van der Waals surface area contributed by atoms with Crippen LogP contribution in [-0.4, -0.2) is 17.7 Å². The van der Waals surface area contributed by atoms with Crippen molar-refractivity contribution in [1.29, 1.82) is 0 Å². The first kappa shape index (κ1) is 10.3. The molecule has 5 heteroatoms. The summed E-state index contributed by atoms with van der Waals surface area (Å²) in [7, 11) is 0. The van der Waals surface area contributed by atoms with Gasteiger partial charge in [0.1, 0.15) is 12.4 Å². The Morgan fingerprint density at radius 3 is 2.62 bits per heavy atom. The van der Waals surface area contributed by atoms with Crippen LogP contribution in [0.5, 0.6) is 5.75 Å². The number of carbonyl (C=O) groups excluding carboxylic acids is 1. The number of hydrogen-bond acceptors (Lipinski definition) is 3. The lowest BCUT2D eigenvalue weighted by Gasteiger charge is -2.02. The van der Waals surface area contributed by atoms with E-state index >= 15 is 0 Å². The molecule has 0 bridgehead atoms. The maximum Gasteiger partial charge on any atom is 0.337 e. The molecule has 0 unspecified atom stereocenters. The quantitative estimate of drug-likeness (QED) is 0.612. The Morgan fingerprint density at radius 1 is 1.38 bits per heavy atom. The standard InChI is InChI=1S/C8H6Cl2O3/c9-6-2-1-5(3-7(6)10)13-8(12)4-11/h1-3,11H,4H2. The zero-order valence-electron chi connectivity index (χ0n) is 6.46. The number of esters is 1. The van der Waals surface area contributed by atoms with Crippen molar-refractivity contribution in [3.05, 3.63) is 28.2 Å². The van der Waals surface area contributed by atoms with Gasteiger partial charge in [0.15, 0.2) is 0 Å². The molecule has 1 aromatic rings. The molecule has 0 heterocycles. The molecular weight excluding hydrogens is 215 g/mol. The molecule has 0 aliphatic heterocycles. The maximum atomic E-state index is 10.6. The molecule has 70 valence electrons. The molecule has 1 aromatic carbocycles. The van der Waals surface area contributed by atoms with Gasteiger partial charge in [-0.2, -0.15) is 0 Å². The summed E-state index contributed by atoms with van der Waals surface area (Å²) in [5.41, 5.74) is 0. The second-order valence-electron chi connectivity index (χ2n) is 2.21. The van der Waals surface area contributed by atoms with Crippen molar-refractivity contribution in [2.24, 2.45) is 0 Å². The van der Waals surface area contributed by atoms with Gasteiger partial charge in [0.05, 0.1) is 10.0 Å². The lowest BCUT2D eigenvalue weighted by molar-refractivity contribution is -0.137. The first-order chi connectivity index (χ1) is 6.13. The van der Waals surface area contributed by atoms with Gasteiger partial charge in [0.25, 0.3) is 0 Å². The van der Waals surface area contributed by atoms with Crippen LogP contribution >= 0.6 is 23.2 Å². The average molecular weight is 221 g/mol. The van der Waals surface area contributed by atoms with Crippen LogP contribution in [0.4, 0.5) is 0 Å². The third-order valence-electron chi connectivity index (χ3n) is 1.25. The SMILES string of the molecule is O=C(CO)Oc1ccc(Cl)c(Cl)c1. The molecule has 0 fully saturated rings. The highest BCUT2D eigenvalue weighted by Crippen LogP contribution is 2.26. The Hall–Kier alpha value is -0.770. The van der Waals surface area contributed by atoms with E-state index < -0.39 is 12.6 Å². The Morgan fingerprint density at radius 2 is 2.08 bits per heavy atom. The van der Waals surface area contributed by atoms with Gasteiger partial charge < -0.3 is 9.84 Å². The third kappa shape index (κ3) is 2.88. The van der Waals surface area contributed by atoms with E-state index in [1.165, 1.54) is 18.2 Å². The number of carbonyl (C=O) groups is 1. The molecule has 0 amide bonds. The summed E-state index contributed by atoms with van der Waals surface area (Å²) in [5, 5.41) is 9.06. The number of benzene rings is 1. The summed E-state index contributed by atoms with van der Waals surface area (Å²) < 4.78 is 4.67. The number of ether oxygens (including phenoxy) is 1. The van der Waals surface area contributed by atoms with Crippen LogP contribution in [0.1, 0.15) is 0 Å². The molecule has 3 nitrogen and oxygen atoms in total. The second kappa shape index (κ2) is 4.46. The summed E-state index contributed by atoms with van der Waals surface area (Å²) in [6.45, 7) is -0.666. The number of hydrogen-bond donors (Lipinski definition) is 1. The topological polar surface area (TPSA) is 46.5 Å². The number of halogens is 2. The van der Waals surface area contributed by atoms with Gasteiger partial charge in [0, 0.05) is 6.07 Å². The summed E-state index contributed by atoms with van der Waals surface area (Å²) in [4.78, 5) is 10.6. The Bertz CT molecular complexity index is 325. The van der Waals surface area contributed by atoms with Gasteiger partial charge in [-0.3, -0.25) is 0 Å². The average Bonchev–Trinajstić information content (AvgIpc) is 2.11.